The quantitative estimate of drug-likeness (QED) is 0.707. The Morgan fingerprint density at radius 2 is 1.93 bits per heavy atom. The number of β-amino-alcohol motifs (C(OH)–C–C–N with tert-alkyl or cyclic N) is 1. The Labute approximate surface area is 168 Å². The summed E-state index contributed by atoms with van der Waals surface area (Å²) >= 11 is 0. The minimum absolute atomic E-state index is 0.0664. The van der Waals surface area contributed by atoms with Gasteiger partial charge in [-0.3, -0.25) is 4.90 Å². The van der Waals surface area contributed by atoms with E-state index in [2.05, 4.69) is 10.6 Å². The fraction of sp³-hybridized carbons (Fsp3) is 0.455. The molecule has 2 aliphatic rings. The summed E-state index contributed by atoms with van der Waals surface area (Å²) in [6.07, 6.45) is 3.16. The molecule has 0 radical (unpaired) electrons. The van der Waals surface area contributed by atoms with Gasteiger partial charge in [0.2, 0.25) is 0 Å². The molecule has 3 N–H and O–H groups in total. The Bertz CT molecular complexity index is 893. The third-order valence-corrected chi connectivity index (χ3v) is 5.91. The van der Waals surface area contributed by atoms with Crippen molar-refractivity contribution >= 4 is 11.4 Å². The molecule has 0 bridgehead atoms. The lowest BCUT2D eigenvalue weighted by Gasteiger charge is -2.52. The highest BCUT2D eigenvalue weighted by molar-refractivity contribution is 5.65. The molecule has 2 aliphatic heterocycles. The van der Waals surface area contributed by atoms with Gasteiger partial charge in [-0.05, 0) is 55.6 Å². The summed E-state index contributed by atoms with van der Waals surface area (Å²) in [7, 11) is 0. The number of halogens is 3. The van der Waals surface area contributed by atoms with Crippen LogP contribution < -0.4 is 10.6 Å². The van der Waals surface area contributed by atoms with Crippen molar-refractivity contribution in [3.8, 4) is 0 Å². The van der Waals surface area contributed by atoms with Crippen molar-refractivity contribution in [3.05, 3.63) is 58.9 Å². The maximum atomic E-state index is 14.5. The third-order valence-electron chi connectivity index (χ3n) is 5.91. The monoisotopic (exact) mass is 405 g/mol. The third kappa shape index (κ3) is 4.13. The molecule has 0 saturated carbocycles. The number of hydrogen-bond acceptors (Lipinski definition) is 4. The van der Waals surface area contributed by atoms with Crippen molar-refractivity contribution < 1.29 is 18.3 Å². The van der Waals surface area contributed by atoms with Gasteiger partial charge in [-0.2, -0.15) is 0 Å². The Hall–Kier alpha value is -2.09. The minimum Gasteiger partial charge on any atom is -0.386 e. The van der Waals surface area contributed by atoms with Gasteiger partial charge in [0.1, 0.15) is 11.4 Å². The second-order valence-corrected chi connectivity index (χ2v) is 8.26. The van der Waals surface area contributed by atoms with Crippen molar-refractivity contribution in [1.29, 1.82) is 0 Å². The first kappa shape index (κ1) is 20.2. The van der Waals surface area contributed by atoms with Gasteiger partial charge < -0.3 is 15.7 Å². The number of nitrogens with one attached hydrogen (secondary N) is 2. The molecule has 4 nitrogen and oxygen atoms in total. The Morgan fingerprint density at radius 3 is 2.62 bits per heavy atom. The van der Waals surface area contributed by atoms with Gasteiger partial charge in [-0.25, -0.2) is 13.2 Å². The number of piperidine rings is 1. The van der Waals surface area contributed by atoms with Gasteiger partial charge >= 0.3 is 0 Å². The van der Waals surface area contributed by atoms with Crippen LogP contribution in [0.3, 0.4) is 0 Å². The number of likely N-dealkylation sites (tertiary alicyclic amines) is 1. The van der Waals surface area contributed by atoms with Crippen LogP contribution in [0.2, 0.25) is 0 Å². The van der Waals surface area contributed by atoms with Crippen LogP contribution in [0, 0.1) is 24.4 Å². The molecule has 0 amide bonds. The van der Waals surface area contributed by atoms with Gasteiger partial charge in [0, 0.05) is 25.7 Å². The molecule has 2 aromatic rings. The van der Waals surface area contributed by atoms with E-state index in [1.807, 2.05) is 4.90 Å². The predicted molar refractivity (Wildman–Crippen MR) is 107 cm³/mol. The van der Waals surface area contributed by atoms with Crippen molar-refractivity contribution in [2.45, 2.75) is 44.4 Å². The second kappa shape index (κ2) is 7.97. The Morgan fingerprint density at radius 1 is 1.14 bits per heavy atom. The number of nitrogens with zero attached hydrogens (tertiary/aromatic N) is 1. The van der Waals surface area contributed by atoms with Crippen LogP contribution >= 0.6 is 0 Å². The first-order valence-electron chi connectivity index (χ1n) is 10.0. The van der Waals surface area contributed by atoms with Crippen molar-refractivity contribution in [2.75, 3.05) is 25.0 Å². The molecule has 2 aromatic carbocycles. The summed E-state index contributed by atoms with van der Waals surface area (Å²) in [5.41, 5.74) is 0.480. The highest BCUT2D eigenvalue weighted by Crippen LogP contribution is 2.33. The lowest BCUT2D eigenvalue weighted by Crippen LogP contribution is -2.70. The maximum absolute atomic E-state index is 14.5. The molecule has 0 aromatic heterocycles. The lowest BCUT2D eigenvalue weighted by atomic mass is 9.81. The summed E-state index contributed by atoms with van der Waals surface area (Å²) in [6, 6.07) is 7.20. The summed E-state index contributed by atoms with van der Waals surface area (Å²) in [4.78, 5) is 1.99. The largest absolute Gasteiger partial charge is 0.386 e. The molecule has 0 spiro atoms. The van der Waals surface area contributed by atoms with Crippen LogP contribution in [0.1, 0.15) is 30.4 Å². The van der Waals surface area contributed by atoms with Crippen LogP contribution in [0.4, 0.5) is 24.5 Å². The molecule has 1 atom stereocenters. The number of hydrogen-bond donors (Lipinski definition) is 3. The molecule has 1 unspecified atom stereocenters. The molecule has 4 rings (SSSR count). The highest BCUT2D eigenvalue weighted by Gasteiger charge is 2.47. The molecule has 0 aliphatic carbocycles. The van der Waals surface area contributed by atoms with Crippen molar-refractivity contribution in [2.24, 2.45) is 0 Å². The second-order valence-electron chi connectivity index (χ2n) is 8.26. The molecule has 2 saturated heterocycles. The first-order chi connectivity index (χ1) is 13.9. The van der Waals surface area contributed by atoms with E-state index < -0.39 is 23.1 Å². The molecule has 7 heteroatoms. The Balaban J connectivity index is 1.50. The smallest absolute Gasteiger partial charge is 0.182 e. The average Bonchev–Trinajstić information content (AvgIpc) is 2.68. The fourth-order valence-electron chi connectivity index (χ4n) is 4.33. The first-order valence-corrected chi connectivity index (χ1v) is 10.0. The van der Waals surface area contributed by atoms with E-state index in [-0.39, 0.29) is 17.4 Å². The lowest BCUT2D eigenvalue weighted by molar-refractivity contribution is -0.128. The fourth-order valence-corrected chi connectivity index (χ4v) is 4.33. The van der Waals surface area contributed by atoms with E-state index >= 15 is 0 Å². The molecule has 2 heterocycles. The zero-order chi connectivity index (χ0) is 20.6. The zero-order valence-electron chi connectivity index (χ0n) is 16.4. The van der Waals surface area contributed by atoms with Crippen LogP contribution in [0.15, 0.2) is 30.3 Å². The van der Waals surface area contributed by atoms with Gasteiger partial charge in [0.25, 0.3) is 0 Å². The van der Waals surface area contributed by atoms with Crippen molar-refractivity contribution in [1.82, 2.24) is 10.2 Å². The standard InChI is InChI=1S/C22H26F3N3O/c1-14-5-8-18(17(24)10-14)27-21-15(6-7-16(23)20(21)25)11-28-12-22(29,13-28)19-4-2-3-9-26-19/h5-8,10,19,26-27,29H,2-4,9,11-13H2,1H3. The van der Waals surface area contributed by atoms with Crippen LogP contribution in [0.25, 0.3) is 0 Å². The molecular formula is C22H26F3N3O. The predicted octanol–water partition coefficient (Wildman–Crippen LogP) is 3.84. The number of aliphatic hydroxyl groups is 1. The summed E-state index contributed by atoms with van der Waals surface area (Å²) in [5, 5.41) is 16.9. The maximum Gasteiger partial charge on any atom is 0.182 e. The molecule has 29 heavy (non-hydrogen) atoms. The number of anilines is 2. The van der Waals surface area contributed by atoms with Crippen LogP contribution in [-0.4, -0.2) is 41.3 Å². The van der Waals surface area contributed by atoms with Gasteiger partial charge in [0.15, 0.2) is 11.6 Å². The van der Waals surface area contributed by atoms with E-state index in [0.717, 1.165) is 37.4 Å². The zero-order valence-corrected chi connectivity index (χ0v) is 16.4. The number of rotatable bonds is 5. The van der Waals surface area contributed by atoms with Gasteiger partial charge in [-0.1, -0.05) is 18.6 Å². The number of aryl methyl sites for hydroxylation is 1. The minimum atomic E-state index is -1.03. The van der Waals surface area contributed by atoms with Crippen LogP contribution in [0.5, 0.6) is 0 Å². The Kier molecular flexibility index (Phi) is 5.55. The van der Waals surface area contributed by atoms with Crippen molar-refractivity contribution in [3.63, 3.8) is 0 Å². The normalized spacial score (nSPS) is 21.6. The number of benzene rings is 2. The van der Waals surface area contributed by atoms with E-state index in [9.17, 15) is 18.3 Å². The summed E-state index contributed by atoms with van der Waals surface area (Å²) in [5.74, 6) is -2.55. The van der Waals surface area contributed by atoms with E-state index in [4.69, 9.17) is 0 Å². The molecule has 156 valence electrons. The molecule has 2 fully saturated rings. The van der Waals surface area contributed by atoms with E-state index in [1.54, 1.807) is 13.0 Å². The summed E-state index contributed by atoms with van der Waals surface area (Å²) < 4.78 is 42.6. The van der Waals surface area contributed by atoms with E-state index in [1.165, 1.54) is 18.2 Å². The summed E-state index contributed by atoms with van der Waals surface area (Å²) in [6.45, 7) is 3.92. The van der Waals surface area contributed by atoms with Crippen LogP contribution in [-0.2, 0) is 6.54 Å². The highest BCUT2D eigenvalue weighted by atomic mass is 19.2. The average molecular weight is 405 g/mol. The van der Waals surface area contributed by atoms with Gasteiger partial charge in [0.05, 0.1) is 11.4 Å². The topological polar surface area (TPSA) is 47.5 Å². The molecular weight excluding hydrogens is 379 g/mol. The SMILES string of the molecule is Cc1ccc(Nc2c(CN3CC(O)(C4CCCCN4)C3)ccc(F)c2F)c(F)c1. The van der Waals surface area contributed by atoms with E-state index in [0.29, 0.717) is 25.2 Å². The van der Waals surface area contributed by atoms with Gasteiger partial charge in [-0.15, -0.1) is 0 Å².